The van der Waals surface area contributed by atoms with Gasteiger partial charge in [0.25, 0.3) is 0 Å². The highest BCUT2D eigenvalue weighted by Crippen LogP contribution is 2.42. The van der Waals surface area contributed by atoms with Crippen molar-refractivity contribution in [2.45, 2.75) is 25.9 Å². The number of aromatic nitrogens is 4. The Morgan fingerprint density at radius 2 is 2.16 bits per heavy atom. The number of aromatic hydroxyl groups is 1. The average Bonchev–Trinajstić information content (AvgIpc) is 3.48. The predicted molar refractivity (Wildman–Crippen MR) is 113 cm³/mol. The van der Waals surface area contributed by atoms with E-state index in [1.165, 1.54) is 12.1 Å². The number of H-pyrrole nitrogens is 1. The van der Waals surface area contributed by atoms with Crippen LogP contribution in [0.2, 0.25) is 0 Å². The van der Waals surface area contributed by atoms with E-state index < -0.39 is 17.6 Å². The molecule has 2 amide bonds. The van der Waals surface area contributed by atoms with E-state index in [1.54, 1.807) is 18.3 Å². The SMILES string of the molecule is CCc1cc(O)c(F)cc1C1c2c(ncn2-c2n[nH]c3ccccc23)CN1C(=O)NC. The maximum Gasteiger partial charge on any atom is 0.318 e. The summed E-state index contributed by atoms with van der Waals surface area (Å²) < 4.78 is 16.3. The molecule has 3 N–H and O–H groups in total. The van der Waals surface area contributed by atoms with Crippen molar-refractivity contribution in [1.29, 1.82) is 0 Å². The Labute approximate surface area is 177 Å². The Bertz CT molecular complexity index is 1310. The number of phenols is 1. The summed E-state index contributed by atoms with van der Waals surface area (Å²) >= 11 is 0. The van der Waals surface area contributed by atoms with Crippen molar-refractivity contribution in [3.63, 3.8) is 0 Å². The molecule has 9 heteroatoms. The average molecular weight is 420 g/mol. The normalized spacial score (nSPS) is 15.5. The summed E-state index contributed by atoms with van der Waals surface area (Å²) in [7, 11) is 1.56. The van der Waals surface area contributed by atoms with Crippen molar-refractivity contribution in [1.82, 2.24) is 30.0 Å². The molecule has 1 unspecified atom stereocenters. The second kappa shape index (κ2) is 7.12. The summed E-state index contributed by atoms with van der Waals surface area (Å²) in [5, 5.41) is 21.0. The van der Waals surface area contributed by atoms with Crippen LogP contribution in [0.4, 0.5) is 9.18 Å². The number of para-hydroxylation sites is 1. The quantitative estimate of drug-likeness (QED) is 0.473. The number of aryl methyl sites for hydroxylation is 1. The van der Waals surface area contributed by atoms with Gasteiger partial charge in [-0.15, -0.1) is 0 Å². The van der Waals surface area contributed by atoms with Crippen molar-refractivity contribution >= 4 is 16.9 Å². The molecule has 3 heterocycles. The Kier molecular flexibility index (Phi) is 4.39. The van der Waals surface area contributed by atoms with Crippen LogP contribution in [0.1, 0.15) is 35.5 Å². The number of imidazole rings is 1. The minimum atomic E-state index is -0.728. The number of carbonyl (C=O) groups is 1. The topological polar surface area (TPSA) is 99.1 Å². The largest absolute Gasteiger partial charge is 0.505 e. The monoisotopic (exact) mass is 420 g/mol. The van der Waals surface area contributed by atoms with Crippen LogP contribution in [0.15, 0.2) is 42.7 Å². The molecule has 0 radical (unpaired) electrons. The van der Waals surface area contributed by atoms with Gasteiger partial charge in [-0.25, -0.2) is 14.2 Å². The third kappa shape index (κ3) is 2.84. The van der Waals surface area contributed by atoms with Crippen molar-refractivity contribution in [2.75, 3.05) is 7.05 Å². The number of aromatic amines is 1. The second-order valence-corrected chi connectivity index (χ2v) is 7.48. The summed E-state index contributed by atoms with van der Waals surface area (Å²) in [5.74, 6) is -0.476. The molecule has 158 valence electrons. The molecule has 0 bridgehead atoms. The molecule has 5 rings (SSSR count). The standard InChI is InChI=1S/C22H21FN6O2/c1-3-12-8-18(30)15(23)9-14(12)19-20-17(10-28(19)22(31)24-2)25-11-29(20)21-13-6-4-5-7-16(13)26-27-21/h4-9,11,19,30H,3,10H2,1-2H3,(H,24,31)(H,26,27). The Morgan fingerprint density at radius 3 is 2.94 bits per heavy atom. The molecule has 0 aliphatic carbocycles. The van der Waals surface area contributed by atoms with Gasteiger partial charge in [-0.3, -0.25) is 9.67 Å². The summed E-state index contributed by atoms with van der Waals surface area (Å²) in [6.45, 7) is 2.20. The molecular formula is C22H21FN6O2. The minimum Gasteiger partial charge on any atom is -0.505 e. The van der Waals surface area contributed by atoms with Gasteiger partial charge in [-0.2, -0.15) is 5.10 Å². The van der Waals surface area contributed by atoms with Crippen molar-refractivity contribution < 1.29 is 14.3 Å². The Balaban J connectivity index is 1.75. The zero-order chi connectivity index (χ0) is 21.7. The number of nitrogens with one attached hydrogen (secondary N) is 2. The maximum absolute atomic E-state index is 14.4. The van der Waals surface area contributed by atoms with Gasteiger partial charge in [0.2, 0.25) is 0 Å². The number of benzene rings is 2. The van der Waals surface area contributed by atoms with Gasteiger partial charge in [0.05, 0.1) is 23.4 Å². The molecule has 2 aromatic carbocycles. The number of phenolic OH excluding ortho intramolecular Hbond substituents is 1. The lowest BCUT2D eigenvalue weighted by atomic mass is 9.95. The smallest absolute Gasteiger partial charge is 0.318 e. The highest BCUT2D eigenvalue weighted by molar-refractivity contribution is 5.86. The molecule has 0 saturated carbocycles. The number of carbonyl (C=O) groups excluding carboxylic acids is 1. The number of rotatable bonds is 3. The lowest BCUT2D eigenvalue weighted by Gasteiger charge is -2.27. The third-order valence-electron chi connectivity index (χ3n) is 5.81. The highest BCUT2D eigenvalue weighted by atomic mass is 19.1. The molecule has 31 heavy (non-hydrogen) atoms. The summed E-state index contributed by atoms with van der Waals surface area (Å²) in [6, 6.07) is 9.60. The fourth-order valence-electron chi connectivity index (χ4n) is 4.34. The first-order valence-corrected chi connectivity index (χ1v) is 10.0. The van der Waals surface area contributed by atoms with Crippen LogP contribution in [-0.4, -0.2) is 42.8 Å². The summed E-state index contributed by atoms with van der Waals surface area (Å²) in [6.07, 6.45) is 2.25. The number of urea groups is 1. The molecule has 4 aromatic rings. The first kappa shape index (κ1) is 19.1. The number of nitrogens with zero attached hydrogens (tertiary/aromatic N) is 4. The van der Waals surface area contributed by atoms with Crippen LogP contribution in [0.3, 0.4) is 0 Å². The molecular weight excluding hydrogens is 399 g/mol. The van der Waals surface area contributed by atoms with Gasteiger partial charge in [0.1, 0.15) is 12.4 Å². The van der Waals surface area contributed by atoms with E-state index in [9.17, 15) is 14.3 Å². The molecule has 2 aromatic heterocycles. The van der Waals surface area contributed by atoms with Gasteiger partial charge in [-0.1, -0.05) is 19.1 Å². The van der Waals surface area contributed by atoms with Crippen LogP contribution in [0, 0.1) is 5.82 Å². The molecule has 1 aliphatic rings. The van der Waals surface area contributed by atoms with Crippen molar-refractivity contribution in [2.24, 2.45) is 0 Å². The summed E-state index contributed by atoms with van der Waals surface area (Å²) in [5.41, 5.74) is 3.71. The highest BCUT2D eigenvalue weighted by Gasteiger charge is 2.40. The van der Waals surface area contributed by atoms with Crippen molar-refractivity contribution in [3.8, 4) is 11.6 Å². The van der Waals surface area contributed by atoms with E-state index in [1.807, 2.05) is 35.8 Å². The van der Waals surface area contributed by atoms with E-state index in [0.29, 0.717) is 17.8 Å². The van der Waals surface area contributed by atoms with Crippen LogP contribution >= 0.6 is 0 Å². The van der Waals surface area contributed by atoms with Crippen LogP contribution in [0.5, 0.6) is 5.75 Å². The van der Waals surface area contributed by atoms with Crippen LogP contribution in [0.25, 0.3) is 16.7 Å². The molecule has 0 saturated heterocycles. The minimum absolute atomic E-state index is 0.278. The van der Waals surface area contributed by atoms with Gasteiger partial charge in [0.15, 0.2) is 17.4 Å². The number of fused-ring (bicyclic) bond motifs is 2. The molecule has 0 fully saturated rings. The first-order chi connectivity index (χ1) is 15.0. The Morgan fingerprint density at radius 1 is 1.35 bits per heavy atom. The predicted octanol–water partition coefficient (Wildman–Crippen LogP) is 3.40. The van der Waals surface area contributed by atoms with E-state index in [4.69, 9.17) is 0 Å². The van der Waals surface area contributed by atoms with Crippen molar-refractivity contribution in [3.05, 3.63) is 71.1 Å². The molecule has 1 aliphatic heterocycles. The number of hydrogen-bond donors (Lipinski definition) is 3. The zero-order valence-corrected chi connectivity index (χ0v) is 17.1. The second-order valence-electron chi connectivity index (χ2n) is 7.48. The fraction of sp³-hybridized carbons (Fsp3) is 0.227. The van der Waals surface area contributed by atoms with Gasteiger partial charge >= 0.3 is 6.03 Å². The van der Waals surface area contributed by atoms with Gasteiger partial charge < -0.3 is 15.3 Å². The van der Waals surface area contributed by atoms with E-state index >= 15 is 0 Å². The lowest BCUT2D eigenvalue weighted by Crippen LogP contribution is -2.38. The first-order valence-electron chi connectivity index (χ1n) is 10.0. The Hall–Kier alpha value is -3.88. The lowest BCUT2D eigenvalue weighted by molar-refractivity contribution is 0.189. The maximum atomic E-state index is 14.4. The van der Waals surface area contributed by atoms with Crippen LogP contribution < -0.4 is 5.32 Å². The number of hydrogen-bond acceptors (Lipinski definition) is 4. The van der Waals surface area contributed by atoms with Gasteiger partial charge in [0, 0.05) is 12.4 Å². The van der Waals surface area contributed by atoms with E-state index in [0.717, 1.165) is 27.9 Å². The van der Waals surface area contributed by atoms with Gasteiger partial charge in [-0.05, 0) is 41.8 Å². The van der Waals surface area contributed by atoms with Crippen LogP contribution in [-0.2, 0) is 13.0 Å². The summed E-state index contributed by atoms with van der Waals surface area (Å²) in [4.78, 5) is 18.9. The fourth-order valence-corrected chi connectivity index (χ4v) is 4.34. The zero-order valence-electron chi connectivity index (χ0n) is 17.1. The van der Waals surface area contributed by atoms with E-state index in [2.05, 4.69) is 20.5 Å². The molecule has 8 nitrogen and oxygen atoms in total. The third-order valence-corrected chi connectivity index (χ3v) is 5.81. The number of amides is 2. The molecule has 1 atom stereocenters. The molecule has 0 spiro atoms. The van der Waals surface area contributed by atoms with E-state index in [-0.39, 0.29) is 12.6 Å². The number of halogens is 1.